The van der Waals surface area contributed by atoms with Crippen LogP contribution in [0.5, 0.6) is 5.88 Å². The van der Waals surface area contributed by atoms with Crippen LogP contribution in [0.1, 0.15) is 0 Å². The number of hydrogen-bond donors (Lipinski definition) is 1. The van der Waals surface area contributed by atoms with Crippen LogP contribution in [0.15, 0.2) is 12.1 Å². The first-order valence-corrected chi connectivity index (χ1v) is 4.64. The Morgan fingerprint density at radius 1 is 1.35 bits per heavy atom. The van der Waals surface area contributed by atoms with Gasteiger partial charge in [0.25, 0.3) is 0 Å². The Morgan fingerprint density at radius 3 is 2.65 bits per heavy atom. The van der Waals surface area contributed by atoms with E-state index in [0.717, 1.165) is 4.57 Å². The van der Waals surface area contributed by atoms with Gasteiger partial charge in [0.15, 0.2) is 5.65 Å². The minimum atomic E-state index is -4.38. The van der Waals surface area contributed by atoms with Crippen molar-refractivity contribution < 1.29 is 17.9 Å². The number of pyridine rings is 1. The molecule has 2 aromatic rings. The van der Waals surface area contributed by atoms with E-state index in [9.17, 15) is 13.2 Å². The van der Waals surface area contributed by atoms with Gasteiger partial charge in [-0.15, -0.1) is 0 Å². The number of nitrogen functional groups attached to an aromatic ring is 1. The molecule has 17 heavy (non-hydrogen) atoms. The molecule has 2 rings (SSSR count). The van der Waals surface area contributed by atoms with Crippen molar-refractivity contribution in [2.75, 3.05) is 12.8 Å². The van der Waals surface area contributed by atoms with Crippen molar-refractivity contribution in [3.05, 3.63) is 12.1 Å². The smallest absolute Gasteiger partial charge is 0.406 e. The van der Waals surface area contributed by atoms with Gasteiger partial charge in [-0.05, 0) is 6.07 Å². The second-order valence-corrected chi connectivity index (χ2v) is 3.37. The zero-order valence-electron chi connectivity index (χ0n) is 8.82. The summed E-state index contributed by atoms with van der Waals surface area (Å²) in [5, 5.41) is 0. The predicted molar refractivity (Wildman–Crippen MR) is 54.5 cm³/mol. The van der Waals surface area contributed by atoms with E-state index in [0.29, 0.717) is 5.52 Å². The van der Waals surface area contributed by atoms with Gasteiger partial charge in [-0.3, -0.25) is 4.57 Å². The van der Waals surface area contributed by atoms with Gasteiger partial charge in [-0.2, -0.15) is 18.2 Å². The van der Waals surface area contributed by atoms with Crippen LogP contribution in [-0.2, 0) is 6.54 Å². The summed E-state index contributed by atoms with van der Waals surface area (Å²) in [6, 6.07) is 3.01. The largest absolute Gasteiger partial charge is 0.481 e. The Bertz CT molecular complexity index is 549. The summed E-state index contributed by atoms with van der Waals surface area (Å²) in [5.41, 5.74) is 5.78. The minimum absolute atomic E-state index is 0.0548. The number of methoxy groups -OCH3 is 1. The van der Waals surface area contributed by atoms with Crippen LogP contribution in [0.3, 0.4) is 0 Å². The maximum atomic E-state index is 12.3. The second-order valence-electron chi connectivity index (χ2n) is 3.37. The number of nitrogens with zero attached hydrogens (tertiary/aromatic N) is 3. The first-order chi connectivity index (χ1) is 7.90. The molecule has 0 fully saturated rings. The molecule has 0 aliphatic heterocycles. The normalized spacial score (nSPS) is 12.0. The molecule has 0 atom stereocenters. The average Bonchev–Trinajstić information content (AvgIpc) is 2.53. The third-order valence-electron chi connectivity index (χ3n) is 2.14. The molecule has 0 bridgehead atoms. The fourth-order valence-electron chi connectivity index (χ4n) is 1.45. The molecule has 0 unspecified atom stereocenters. The van der Waals surface area contributed by atoms with Crippen LogP contribution in [-0.4, -0.2) is 27.8 Å². The van der Waals surface area contributed by atoms with Crippen LogP contribution in [0.2, 0.25) is 0 Å². The van der Waals surface area contributed by atoms with Crippen molar-refractivity contribution >= 4 is 17.1 Å². The van der Waals surface area contributed by atoms with E-state index in [-0.39, 0.29) is 17.5 Å². The van der Waals surface area contributed by atoms with Gasteiger partial charge in [-0.1, -0.05) is 0 Å². The van der Waals surface area contributed by atoms with Crippen LogP contribution >= 0.6 is 0 Å². The van der Waals surface area contributed by atoms with E-state index in [4.69, 9.17) is 10.5 Å². The van der Waals surface area contributed by atoms with Crippen LogP contribution in [0, 0.1) is 0 Å². The number of halogens is 3. The fourth-order valence-corrected chi connectivity index (χ4v) is 1.45. The number of ether oxygens (including phenoxy) is 1. The Balaban J connectivity index is 2.56. The standard InChI is InChI=1S/C9H9F3N4O/c1-17-6-3-2-5-7(15-6)16(8(13)14-5)4-9(10,11)12/h2-3H,4H2,1H3,(H2,13,14). The summed E-state index contributed by atoms with van der Waals surface area (Å²) in [4.78, 5) is 7.69. The SMILES string of the molecule is COc1ccc2nc(N)n(CC(F)(F)F)c2n1. The van der Waals surface area contributed by atoms with Crippen molar-refractivity contribution in [1.29, 1.82) is 0 Å². The van der Waals surface area contributed by atoms with E-state index in [2.05, 4.69) is 9.97 Å². The third kappa shape index (κ3) is 2.24. The number of imidazole rings is 1. The highest BCUT2D eigenvalue weighted by atomic mass is 19.4. The second kappa shape index (κ2) is 3.79. The lowest BCUT2D eigenvalue weighted by atomic mass is 10.4. The van der Waals surface area contributed by atoms with Crippen molar-refractivity contribution in [2.45, 2.75) is 12.7 Å². The first-order valence-electron chi connectivity index (χ1n) is 4.64. The lowest BCUT2D eigenvalue weighted by Gasteiger charge is -2.09. The highest BCUT2D eigenvalue weighted by Gasteiger charge is 2.30. The van der Waals surface area contributed by atoms with Gasteiger partial charge in [0.05, 0.1) is 7.11 Å². The summed E-state index contributed by atoms with van der Waals surface area (Å²) in [6.45, 7) is -1.23. The van der Waals surface area contributed by atoms with Crippen LogP contribution in [0.4, 0.5) is 19.1 Å². The molecule has 0 radical (unpaired) electrons. The predicted octanol–water partition coefficient (Wildman–Crippen LogP) is 1.58. The Kier molecular flexibility index (Phi) is 2.56. The number of anilines is 1. The summed E-state index contributed by atoms with van der Waals surface area (Å²) >= 11 is 0. The zero-order valence-corrected chi connectivity index (χ0v) is 8.82. The van der Waals surface area contributed by atoms with Gasteiger partial charge in [0, 0.05) is 6.07 Å². The van der Waals surface area contributed by atoms with E-state index in [1.54, 1.807) is 0 Å². The van der Waals surface area contributed by atoms with Crippen molar-refractivity contribution in [1.82, 2.24) is 14.5 Å². The molecule has 0 aliphatic rings. The maximum Gasteiger partial charge on any atom is 0.406 e. The van der Waals surface area contributed by atoms with Crippen LogP contribution < -0.4 is 10.5 Å². The summed E-state index contributed by atoms with van der Waals surface area (Å²) < 4.78 is 42.7. The zero-order chi connectivity index (χ0) is 12.6. The monoisotopic (exact) mass is 246 g/mol. The number of aromatic nitrogens is 3. The lowest BCUT2D eigenvalue weighted by molar-refractivity contribution is -0.139. The number of rotatable bonds is 2. The molecule has 2 N–H and O–H groups in total. The summed E-state index contributed by atoms with van der Waals surface area (Å²) in [7, 11) is 1.38. The van der Waals surface area contributed by atoms with Crippen LogP contribution in [0.25, 0.3) is 11.2 Å². The molecule has 2 heterocycles. The molecule has 0 saturated heterocycles. The molecule has 0 amide bonds. The maximum absolute atomic E-state index is 12.3. The van der Waals surface area contributed by atoms with Gasteiger partial charge in [0.1, 0.15) is 12.1 Å². The molecule has 2 aromatic heterocycles. The lowest BCUT2D eigenvalue weighted by Crippen LogP contribution is -2.19. The number of fused-ring (bicyclic) bond motifs is 1. The molecule has 0 saturated carbocycles. The van der Waals surface area contributed by atoms with Crippen molar-refractivity contribution in [3.8, 4) is 5.88 Å². The fraction of sp³-hybridized carbons (Fsp3) is 0.333. The topological polar surface area (TPSA) is 66.0 Å². The van der Waals surface area contributed by atoms with Gasteiger partial charge < -0.3 is 10.5 Å². The van der Waals surface area contributed by atoms with Gasteiger partial charge in [0.2, 0.25) is 11.8 Å². The molecular weight excluding hydrogens is 237 g/mol. The minimum Gasteiger partial charge on any atom is -0.481 e. The highest BCUT2D eigenvalue weighted by molar-refractivity contribution is 5.74. The molecule has 5 nitrogen and oxygen atoms in total. The van der Waals surface area contributed by atoms with Gasteiger partial charge in [-0.25, -0.2) is 4.98 Å². The van der Waals surface area contributed by atoms with E-state index in [1.807, 2.05) is 0 Å². The van der Waals surface area contributed by atoms with E-state index in [1.165, 1.54) is 19.2 Å². The van der Waals surface area contributed by atoms with E-state index < -0.39 is 12.7 Å². The van der Waals surface area contributed by atoms with Crippen molar-refractivity contribution in [2.24, 2.45) is 0 Å². The van der Waals surface area contributed by atoms with Crippen molar-refractivity contribution in [3.63, 3.8) is 0 Å². The number of alkyl halides is 3. The molecular formula is C9H9F3N4O. The molecule has 0 spiro atoms. The Hall–Kier alpha value is -1.99. The van der Waals surface area contributed by atoms with E-state index >= 15 is 0 Å². The molecule has 0 aromatic carbocycles. The molecule has 0 aliphatic carbocycles. The Morgan fingerprint density at radius 2 is 2.06 bits per heavy atom. The highest BCUT2D eigenvalue weighted by Crippen LogP contribution is 2.24. The summed E-state index contributed by atoms with van der Waals surface area (Å²) in [6.07, 6.45) is -4.38. The third-order valence-corrected chi connectivity index (χ3v) is 2.14. The Labute approximate surface area is 94.0 Å². The van der Waals surface area contributed by atoms with Gasteiger partial charge >= 0.3 is 6.18 Å². The first kappa shape index (κ1) is 11.5. The number of hydrogen-bond acceptors (Lipinski definition) is 4. The summed E-state index contributed by atoms with van der Waals surface area (Å²) in [5.74, 6) is -0.0149. The number of nitrogens with two attached hydrogens (primary N) is 1. The average molecular weight is 246 g/mol. The quantitative estimate of drug-likeness (QED) is 0.873. The molecule has 92 valence electrons. The molecule has 8 heteroatoms.